The Morgan fingerprint density at radius 2 is 2.29 bits per heavy atom. The van der Waals surface area contributed by atoms with Crippen LogP contribution < -0.4 is 4.74 Å². The Bertz CT molecular complexity index is 380. The van der Waals surface area contributed by atoms with Crippen molar-refractivity contribution in [2.45, 2.75) is 38.8 Å². The van der Waals surface area contributed by atoms with Crippen LogP contribution in [0.3, 0.4) is 0 Å². The lowest BCUT2D eigenvalue weighted by atomic mass is 10.1. The van der Waals surface area contributed by atoms with E-state index in [-0.39, 0.29) is 0 Å². The average Bonchev–Trinajstić information content (AvgIpc) is 2.77. The first-order valence-electron chi connectivity index (χ1n) is 6.31. The first-order chi connectivity index (χ1) is 8.24. The van der Waals surface area contributed by atoms with Crippen LogP contribution in [-0.2, 0) is 6.54 Å². The maximum atomic E-state index is 5.43. The molecular weight excluding hydrogens is 278 g/mol. The predicted molar refractivity (Wildman–Crippen MR) is 74.4 cm³/mol. The summed E-state index contributed by atoms with van der Waals surface area (Å²) in [5, 5.41) is 0. The smallest absolute Gasteiger partial charge is 0.123 e. The van der Waals surface area contributed by atoms with Gasteiger partial charge in [0.2, 0.25) is 0 Å². The lowest BCUT2D eigenvalue weighted by Crippen LogP contribution is -2.28. The first-order valence-corrected chi connectivity index (χ1v) is 7.10. The Hall–Kier alpha value is -0.540. The minimum absolute atomic E-state index is 0.749. The molecule has 0 N–H and O–H groups in total. The van der Waals surface area contributed by atoms with Crippen molar-refractivity contribution in [2.24, 2.45) is 0 Å². The molecule has 2 nitrogen and oxygen atoms in total. The van der Waals surface area contributed by atoms with Gasteiger partial charge >= 0.3 is 0 Å². The van der Waals surface area contributed by atoms with Gasteiger partial charge in [-0.3, -0.25) is 4.90 Å². The number of likely N-dealkylation sites (tertiary alicyclic amines) is 1. The summed E-state index contributed by atoms with van der Waals surface area (Å²) in [6, 6.07) is 6.99. The van der Waals surface area contributed by atoms with Gasteiger partial charge in [0, 0.05) is 22.6 Å². The van der Waals surface area contributed by atoms with Crippen LogP contribution in [0.4, 0.5) is 0 Å². The first kappa shape index (κ1) is 12.9. The highest BCUT2D eigenvalue weighted by Gasteiger charge is 2.23. The molecule has 1 aromatic carbocycles. The van der Waals surface area contributed by atoms with Crippen molar-refractivity contribution in [3.8, 4) is 5.75 Å². The van der Waals surface area contributed by atoms with Gasteiger partial charge < -0.3 is 4.74 Å². The average molecular weight is 298 g/mol. The lowest BCUT2D eigenvalue weighted by Gasteiger charge is -2.24. The molecule has 0 radical (unpaired) electrons. The highest BCUT2D eigenvalue weighted by molar-refractivity contribution is 9.10. The Morgan fingerprint density at radius 3 is 3.00 bits per heavy atom. The van der Waals surface area contributed by atoms with Crippen LogP contribution in [0.25, 0.3) is 0 Å². The van der Waals surface area contributed by atoms with Crippen molar-refractivity contribution in [3.05, 3.63) is 28.2 Å². The molecule has 1 fully saturated rings. The van der Waals surface area contributed by atoms with E-state index in [0.717, 1.165) is 22.8 Å². The largest absolute Gasteiger partial charge is 0.496 e. The van der Waals surface area contributed by atoms with E-state index in [1.54, 1.807) is 7.11 Å². The van der Waals surface area contributed by atoms with E-state index in [1.807, 2.05) is 12.1 Å². The van der Waals surface area contributed by atoms with Gasteiger partial charge in [-0.1, -0.05) is 22.9 Å². The number of hydrogen-bond acceptors (Lipinski definition) is 2. The van der Waals surface area contributed by atoms with Crippen LogP contribution in [0.1, 0.15) is 31.7 Å². The SMILES string of the molecule is CCC1CCCN1Cc1cc(Br)ccc1OC. The summed E-state index contributed by atoms with van der Waals surface area (Å²) in [7, 11) is 1.74. The van der Waals surface area contributed by atoms with Crippen molar-refractivity contribution in [1.29, 1.82) is 0 Å². The molecule has 1 aliphatic rings. The molecule has 0 aliphatic carbocycles. The molecule has 0 amide bonds. The molecule has 17 heavy (non-hydrogen) atoms. The topological polar surface area (TPSA) is 12.5 Å². The molecule has 1 aliphatic heterocycles. The third-order valence-corrected chi connectivity index (χ3v) is 4.08. The second-order valence-corrected chi connectivity index (χ2v) is 5.55. The number of rotatable bonds is 4. The maximum absolute atomic E-state index is 5.43. The van der Waals surface area contributed by atoms with E-state index in [0.29, 0.717) is 0 Å². The van der Waals surface area contributed by atoms with E-state index in [4.69, 9.17) is 4.74 Å². The molecule has 1 unspecified atom stereocenters. The normalized spacial score (nSPS) is 20.8. The molecule has 1 saturated heterocycles. The number of nitrogens with zero attached hydrogens (tertiary/aromatic N) is 1. The van der Waals surface area contributed by atoms with E-state index in [1.165, 1.54) is 31.4 Å². The van der Waals surface area contributed by atoms with Gasteiger partial charge in [0.05, 0.1) is 7.11 Å². The predicted octanol–water partition coefficient (Wildman–Crippen LogP) is 3.83. The lowest BCUT2D eigenvalue weighted by molar-refractivity contribution is 0.236. The molecule has 94 valence electrons. The molecule has 1 atom stereocenters. The third-order valence-electron chi connectivity index (χ3n) is 3.59. The van der Waals surface area contributed by atoms with Gasteiger partial charge in [-0.15, -0.1) is 0 Å². The van der Waals surface area contributed by atoms with E-state index in [2.05, 4.69) is 33.8 Å². The molecule has 1 aromatic rings. The highest BCUT2D eigenvalue weighted by Crippen LogP contribution is 2.28. The quantitative estimate of drug-likeness (QED) is 0.837. The fourth-order valence-corrected chi connectivity index (χ4v) is 3.06. The van der Waals surface area contributed by atoms with Crippen LogP contribution in [0.2, 0.25) is 0 Å². The van der Waals surface area contributed by atoms with Crippen molar-refractivity contribution in [2.75, 3.05) is 13.7 Å². The summed E-state index contributed by atoms with van der Waals surface area (Å²) in [6.07, 6.45) is 3.91. The molecule has 0 bridgehead atoms. The number of halogens is 1. The van der Waals surface area contributed by atoms with Gasteiger partial charge in [0.25, 0.3) is 0 Å². The molecule has 0 aromatic heterocycles. The minimum atomic E-state index is 0.749. The molecular formula is C14H20BrNO. The third kappa shape index (κ3) is 3.02. The summed E-state index contributed by atoms with van der Waals surface area (Å²) in [5.74, 6) is 0.995. The van der Waals surface area contributed by atoms with Crippen LogP contribution in [0, 0.1) is 0 Å². The van der Waals surface area contributed by atoms with Gasteiger partial charge in [0.1, 0.15) is 5.75 Å². The number of hydrogen-bond donors (Lipinski definition) is 0. The summed E-state index contributed by atoms with van der Waals surface area (Å²) >= 11 is 3.53. The van der Waals surface area contributed by atoms with Crippen LogP contribution in [0.5, 0.6) is 5.75 Å². The summed E-state index contributed by atoms with van der Waals surface area (Å²) in [6.45, 7) is 4.50. The zero-order valence-electron chi connectivity index (χ0n) is 10.6. The molecule has 1 heterocycles. The summed E-state index contributed by atoms with van der Waals surface area (Å²) in [4.78, 5) is 2.57. The molecule has 3 heteroatoms. The molecule has 0 spiro atoms. The Labute approximate surface area is 112 Å². The zero-order chi connectivity index (χ0) is 12.3. The number of methoxy groups -OCH3 is 1. The Morgan fingerprint density at radius 1 is 1.47 bits per heavy atom. The highest BCUT2D eigenvalue weighted by atomic mass is 79.9. The van der Waals surface area contributed by atoms with Crippen LogP contribution >= 0.6 is 15.9 Å². The van der Waals surface area contributed by atoms with Crippen LogP contribution in [-0.4, -0.2) is 24.6 Å². The molecule has 2 rings (SSSR count). The Balaban J connectivity index is 2.14. The minimum Gasteiger partial charge on any atom is -0.496 e. The second-order valence-electron chi connectivity index (χ2n) is 4.63. The van der Waals surface area contributed by atoms with Crippen molar-refractivity contribution < 1.29 is 4.74 Å². The number of benzene rings is 1. The van der Waals surface area contributed by atoms with E-state index in [9.17, 15) is 0 Å². The Kier molecular flexibility index (Phi) is 4.46. The maximum Gasteiger partial charge on any atom is 0.123 e. The summed E-state index contributed by atoms with van der Waals surface area (Å²) in [5.41, 5.74) is 1.28. The van der Waals surface area contributed by atoms with Gasteiger partial charge in [-0.05, 0) is 44.0 Å². The monoisotopic (exact) mass is 297 g/mol. The van der Waals surface area contributed by atoms with Crippen molar-refractivity contribution in [1.82, 2.24) is 4.90 Å². The van der Waals surface area contributed by atoms with E-state index >= 15 is 0 Å². The van der Waals surface area contributed by atoms with Crippen LogP contribution in [0.15, 0.2) is 22.7 Å². The van der Waals surface area contributed by atoms with Gasteiger partial charge in [-0.25, -0.2) is 0 Å². The standard InChI is InChI=1S/C14H20BrNO/c1-3-13-5-4-8-16(13)10-11-9-12(15)6-7-14(11)17-2/h6-7,9,13H,3-5,8,10H2,1-2H3. The fraction of sp³-hybridized carbons (Fsp3) is 0.571. The van der Waals surface area contributed by atoms with E-state index < -0.39 is 0 Å². The number of ether oxygens (including phenoxy) is 1. The van der Waals surface area contributed by atoms with Gasteiger partial charge in [0.15, 0.2) is 0 Å². The van der Waals surface area contributed by atoms with Crippen molar-refractivity contribution in [3.63, 3.8) is 0 Å². The molecule has 0 saturated carbocycles. The van der Waals surface area contributed by atoms with Gasteiger partial charge in [-0.2, -0.15) is 0 Å². The zero-order valence-corrected chi connectivity index (χ0v) is 12.2. The fourth-order valence-electron chi connectivity index (χ4n) is 2.66. The van der Waals surface area contributed by atoms with Crippen molar-refractivity contribution >= 4 is 15.9 Å². The second kappa shape index (κ2) is 5.87. The summed E-state index contributed by atoms with van der Waals surface area (Å²) < 4.78 is 6.56.